The molecule has 3 rings (SSSR count). The van der Waals surface area contributed by atoms with Crippen LogP contribution in [0.3, 0.4) is 0 Å². The number of rotatable bonds is 4. The van der Waals surface area contributed by atoms with Crippen LogP contribution in [0.1, 0.15) is 23.1 Å². The number of benzene rings is 1. The summed E-state index contributed by atoms with van der Waals surface area (Å²) in [5.41, 5.74) is 1.98. The van der Waals surface area contributed by atoms with Crippen molar-refractivity contribution in [2.24, 2.45) is 0 Å². The highest BCUT2D eigenvalue weighted by atomic mass is 16.1. The van der Waals surface area contributed by atoms with Crippen molar-refractivity contribution in [1.82, 2.24) is 19.5 Å². The first kappa shape index (κ1) is 12.5. The molecule has 0 spiro atoms. The molecule has 0 fully saturated rings. The minimum atomic E-state index is 0.0111. The summed E-state index contributed by atoms with van der Waals surface area (Å²) in [5.74, 6) is 0.787. The fourth-order valence-electron chi connectivity index (χ4n) is 2.25. The summed E-state index contributed by atoms with van der Waals surface area (Å²) >= 11 is 0. The van der Waals surface area contributed by atoms with E-state index in [1.165, 1.54) is 0 Å². The summed E-state index contributed by atoms with van der Waals surface area (Å²) in [5, 5.41) is 0. The Kier molecular flexibility index (Phi) is 3.25. The Labute approximate surface area is 116 Å². The number of fused-ring (bicyclic) bond motifs is 1. The van der Waals surface area contributed by atoms with Gasteiger partial charge in [-0.25, -0.2) is 4.98 Å². The third-order valence-electron chi connectivity index (χ3n) is 3.26. The maximum absolute atomic E-state index is 12.5. The van der Waals surface area contributed by atoms with Crippen molar-refractivity contribution < 1.29 is 4.79 Å². The minimum Gasteiger partial charge on any atom is -0.335 e. The van der Waals surface area contributed by atoms with Crippen LogP contribution in [0.4, 0.5) is 0 Å². The lowest BCUT2D eigenvalue weighted by Crippen LogP contribution is -2.10. The Morgan fingerprint density at radius 2 is 2.00 bits per heavy atom. The van der Waals surface area contributed by atoms with E-state index in [2.05, 4.69) is 15.0 Å². The van der Waals surface area contributed by atoms with Gasteiger partial charge < -0.3 is 4.57 Å². The average Bonchev–Trinajstić information content (AvgIpc) is 2.93. The van der Waals surface area contributed by atoms with Gasteiger partial charge in [0.05, 0.1) is 17.5 Å². The van der Waals surface area contributed by atoms with Crippen LogP contribution in [-0.4, -0.2) is 25.3 Å². The van der Waals surface area contributed by atoms with Crippen LogP contribution in [0.5, 0.6) is 0 Å². The number of aromatic nitrogens is 4. The highest BCUT2D eigenvalue weighted by Gasteiger charge is 2.14. The molecule has 3 aromatic rings. The lowest BCUT2D eigenvalue weighted by molar-refractivity contribution is 0.0991. The fraction of sp³-hybridized carbons (Fsp3) is 0.200. The number of Topliss-reactive ketones (excluding diaryl/α,β-unsaturated/α-hetero) is 1. The van der Waals surface area contributed by atoms with Crippen molar-refractivity contribution >= 4 is 16.8 Å². The average molecular weight is 266 g/mol. The lowest BCUT2D eigenvalue weighted by Gasteiger charge is -2.06. The summed E-state index contributed by atoms with van der Waals surface area (Å²) in [6, 6.07) is 5.47. The highest BCUT2D eigenvalue weighted by molar-refractivity contribution is 6.06. The first-order chi connectivity index (χ1) is 9.79. The molecule has 5 heteroatoms. The molecule has 0 unspecified atom stereocenters. The smallest absolute Gasteiger partial charge is 0.172 e. The first-order valence-corrected chi connectivity index (χ1v) is 6.52. The van der Waals surface area contributed by atoms with Gasteiger partial charge in [0.15, 0.2) is 5.78 Å². The molecule has 0 amide bonds. The predicted octanol–water partition coefficient (Wildman–Crippen LogP) is 2.27. The second-order valence-electron chi connectivity index (χ2n) is 4.46. The molecule has 0 aliphatic heterocycles. The molecule has 0 radical (unpaired) electrons. The third-order valence-corrected chi connectivity index (χ3v) is 3.26. The number of carbonyl (C=O) groups excluding carboxylic acids is 1. The van der Waals surface area contributed by atoms with Crippen molar-refractivity contribution in [2.45, 2.75) is 19.9 Å². The summed E-state index contributed by atoms with van der Waals surface area (Å²) in [4.78, 5) is 25.2. The Morgan fingerprint density at radius 3 is 2.85 bits per heavy atom. The van der Waals surface area contributed by atoms with Crippen LogP contribution >= 0.6 is 0 Å². The molecule has 0 N–H and O–H groups in total. The summed E-state index contributed by atoms with van der Waals surface area (Å²) in [7, 11) is 0. The van der Waals surface area contributed by atoms with Crippen molar-refractivity contribution in [1.29, 1.82) is 0 Å². The first-order valence-electron chi connectivity index (χ1n) is 6.52. The Balaban J connectivity index is 1.97. The van der Waals surface area contributed by atoms with Crippen LogP contribution in [0.2, 0.25) is 0 Å². The van der Waals surface area contributed by atoms with Crippen molar-refractivity contribution in [2.75, 3.05) is 0 Å². The monoisotopic (exact) mass is 266 g/mol. The zero-order chi connectivity index (χ0) is 13.9. The number of para-hydroxylation sites is 1. The molecule has 0 atom stereocenters. The van der Waals surface area contributed by atoms with Gasteiger partial charge in [-0.05, 0) is 19.1 Å². The number of ketones is 1. The number of aryl methyl sites for hydroxylation is 1. The number of nitrogens with zero attached hydrogens (tertiary/aromatic N) is 4. The van der Waals surface area contributed by atoms with Crippen LogP contribution in [0.25, 0.3) is 11.0 Å². The topological polar surface area (TPSA) is 60.7 Å². The molecule has 0 aliphatic carbocycles. The lowest BCUT2D eigenvalue weighted by atomic mass is 10.1. The number of hydrogen-bond donors (Lipinski definition) is 0. The van der Waals surface area contributed by atoms with Crippen LogP contribution < -0.4 is 0 Å². The molecule has 0 saturated heterocycles. The van der Waals surface area contributed by atoms with Gasteiger partial charge in [0, 0.05) is 36.9 Å². The molecule has 2 aromatic heterocycles. The number of carbonyl (C=O) groups is 1. The summed E-state index contributed by atoms with van der Waals surface area (Å²) in [6.07, 6.45) is 7.10. The predicted molar refractivity (Wildman–Crippen MR) is 75.5 cm³/mol. The van der Waals surface area contributed by atoms with E-state index >= 15 is 0 Å². The molecular formula is C15H14N4O. The van der Waals surface area contributed by atoms with Gasteiger partial charge in [-0.2, -0.15) is 0 Å². The van der Waals surface area contributed by atoms with Crippen molar-refractivity contribution in [3.63, 3.8) is 0 Å². The molecular weight excluding hydrogens is 252 g/mol. The standard InChI is InChI=1S/C15H14N4O/c1-2-19-9-8-17-14(19)10-13(20)11-4-3-5-12-15(11)18-7-6-16-12/h3-9H,2,10H2,1H3. The van der Waals surface area contributed by atoms with E-state index in [1.807, 2.05) is 29.8 Å². The third kappa shape index (κ3) is 2.18. The van der Waals surface area contributed by atoms with Gasteiger partial charge in [-0.1, -0.05) is 6.07 Å². The van der Waals surface area contributed by atoms with Gasteiger partial charge in [0.1, 0.15) is 5.82 Å². The molecule has 1 aromatic carbocycles. The van der Waals surface area contributed by atoms with Crippen LogP contribution in [0, 0.1) is 0 Å². The van der Waals surface area contributed by atoms with Gasteiger partial charge in [0.25, 0.3) is 0 Å². The molecule has 5 nitrogen and oxygen atoms in total. The minimum absolute atomic E-state index is 0.0111. The Hall–Kier alpha value is -2.56. The van der Waals surface area contributed by atoms with Gasteiger partial charge >= 0.3 is 0 Å². The second kappa shape index (κ2) is 5.21. The maximum atomic E-state index is 12.5. The molecule has 0 saturated carbocycles. The van der Waals surface area contributed by atoms with Crippen LogP contribution in [0.15, 0.2) is 43.0 Å². The number of imidazole rings is 1. The molecule has 20 heavy (non-hydrogen) atoms. The van der Waals surface area contributed by atoms with Crippen molar-refractivity contribution in [3.05, 3.63) is 54.4 Å². The van der Waals surface area contributed by atoms with E-state index in [0.717, 1.165) is 17.9 Å². The van der Waals surface area contributed by atoms with E-state index < -0.39 is 0 Å². The van der Waals surface area contributed by atoms with E-state index in [-0.39, 0.29) is 12.2 Å². The van der Waals surface area contributed by atoms with E-state index in [4.69, 9.17) is 0 Å². The maximum Gasteiger partial charge on any atom is 0.172 e. The largest absolute Gasteiger partial charge is 0.335 e. The van der Waals surface area contributed by atoms with Gasteiger partial charge in [-0.15, -0.1) is 0 Å². The highest BCUT2D eigenvalue weighted by Crippen LogP contribution is 2.16. The molecule has 100 valence electrons. The molecule has 2 heterocycles. The number of hydrogen-bond acceptors (Lipinski definition) is 4. The zero-order valence-corrected chi connectivity index (χ0v) is 11.2. The Bertz CT molecular complexity index is 758. The van der Waals surface area contributed by atoms with Crippen LogP contribution in [-0.2, 0) is 13.0 Å². The van der Waals surface area contributed by atoms with E-state index in [1.54, 1.807) is 24.7 Å². The fourth-order valence-corrected chi connectivity index (χ4v) is 2.25. The summed E-state index contributed by atoms with van der Waals surface area (Å²) in [6.45, 7) is 2.83. The SMILES string of the molecule is CCn1ccnc1CC(=O)c1cccc2nccnc12. The second-order valence-corrected chi connectivity index (χ2v) is 4.46. The van der Waals surface area contributed by atoms with Gasteiger partial charge in [0.2, 0.25) is 0 Å². The Morgan fingerprint density at radius 1 is 1.15 bits per heavy atom. The van der Waals surface area contributed by atoms with Crippen molar-refractivity contribution in [3.8, 4) is 0 Å². The normalized spacial score (nSPS) is 10.8. The molecule has 0 bridgehead atoms. The van der Waals surface area contributed by atoms with E-state index in [9.17, 15) is 4.79 Å². The van der Waals surface area contributed by atoms with Gasteiger partial charge in [-0.3, -0.25) is 14.8 Å². The summed E-state index contributed by atoms with van der Waals surface area (Å²) < 4.78 is 1.97. The molecule has 0 aliphatic rings. The quantitative estimate of drug-likeness (QED) is 0.680. The zero-order valence-electron chi connectivity index (χ0n) is 11.2. The van der Waals surface area contributed by atoms with E-state index in [0.29, 0.717) is 11.1 Å².